The molecule has 1 amide bonds. The molecule has 0 unspecified atom stereocenters. The Morgan fingerprint density at radius 2 is 2.14 bits per heavy atom. The predicted octanol–water partition coefficient (Wildman–Crippen LogP) is 4.24. The summed E-state index contributed by atoms with van der Waals surface area (Å²) < 4.78 is 0. The maximum Gasteiger partial charge on any atom is 0.252 e. The number of nitriles is 1. The topological polar surface area (TPSA) is 52.9 Å². The summed E-state index contributed by atoms with van der Waals surface area (Å²) in [6.07, 6.45) is 4.60. The van der Waals surface area contributed by atoms with Gasteiger partial charge in [0.05, 0.1) is 6.07 Å². The normalized spacial score (nSPS) is 25.1. The second-order valence-electron chi connectivity index (χ2n) is 5.96. The highest BCUT2D eigenvalue weighted by Crippen LogP contribution is 2.33. The fourth-order valence-corrected chi connectivity index (χ4v) is 3.14. The number of amides is 1. The summed E-state index contributed by atoms with van der Waals surface area (Å²) in [6.45, 7) is 4.05. The lowest BCUT2D eigenvalue weighted by Crippen LogP contribution is -2.49. The minimum atomic E-state index is -0.725. The zero-order chi connectivity index (χ0) is 15.5. The molecule has 1 aromatic rings. The molecular formula is C17H21ClN2O. The summed E-state index contributed by atoms with van der Waals surface area (Å²) in [5.74, 6) is 0.475. The van der Waals surface area contributed by atoms with E-state index < -0.39 is 5.54 Å². The molecule has 112 valence electrons. The van der Waals surface area contributed by atoms with Crippen molar-refractivity contribution in [1.82, 2.24) is 5.32 Å². The molecule has 1 saturated carbocycles. The average Bonchev–Trinajstić information content (AvgIpc) is 2.50. The first-order chi connectivity index (χ1) is 9.99. The van der Waals surface area contributed by atoms with Crippen LogP contribution in [0, 0.1) is 24.2 Å². The van der Waals surface area contributed by atoms with Crippen LogP contribution >= 0.6 is 11.6 Å². The zero-order valence-corrected chi connectivity index (χ0v) is 13.3. The second kappa shape index (κ2) is 6.49. The van der Waals surface area contributed by atoms with Crippen LogP contribution in [0.1, 0.15) is 54.9 Å². The Bertz CT molecular complexity index is 569. The Morgan fingerprint density at radius 3 is 2.71 bits per heavy atom. The fraction of sp³-hybridized carbons (Fsp3) is 0.529. The summed E-state index contributed by atoms with van der Waals surface area (Å²) in [7, 11) is 0. The van der Waals surface area contributed by atoms with E-state index in [1.54, 1.807) is 12.1 Å². The van der Waals surface area contributed by atoms with Gasteiger partial charge in [-0.25, -0.2) is 0 Å². The van der Waals surface area contributed by atoms with Gasteiger partial charge in [0, 0.05) is 10.6 Å². The molecule has 0 saturated heterocycles. The first-order valence-corrected chi connectivity index (χ1v) is 7.87. The molecule has 0 aromatic heterocycles. The summed E-state index contributed by atoms with van der Waals surface area (Å²) >= 11 is 5.97. The monoisotopic (exact) mass is 304 g/mol. The van der Waals surface area contributed by atoms with E-state index in [1.807, 2.05) is 13.0 Å². The van der Waals surface area contributed by atoms with Crippen LogP contribution < -0.4 is 5.32 Å². The fourth-order valence-electron chi connectivity index (χ4n) is 2.97. The number of hydrogen-bond donors (Lipinski definition) is 1. The van der Waals surface area contributed by atoms with Crippen molar-refractivity contribution in [1.29, 1.82) is 5.26 Å². The van der Waals surface area contributed by atoms with Crippen molar-refractivity contribution >= 4 is 17.5 Å². The van der Waals surface area contributed by atoms with Gasteiger partial charge in [-0.2, -0.15) is 5.26 Å². The molecule has 0 spiro atoms. The summed E-state index contributed by atoms with van der Waals surface area (Å²) in [6, 6.07) is 7.58. The molecule has 3 nitrogen and oxygen atoms in total. The van der Waals surface area contributed by atoms with Crippen LogP contribution in [0.5, 0.6) is 0 Å². The molecule has 0 radical (unpaired) electrons. The molecule has 0 aliphatic heterocycles. The highest BCUT2D eigenvalue weighted by molar-refractivity contribution is 6.31. The predicted molar refractivity (Wildman–Crippen MR) is 84.2 cm³/mol. The van der Waals surface area contributed by atoms with E-state index in [0.29, 0.717) is 16.5 Å². The Labute approximate surface area is 131 Å². The van der Waals surface area contributed by atoms with Gasteiger partial charge in [-0.15, -0.1) is 0 Å². The molecule has 1 N–H and O–H groups in total. The lowest BCUT2D eigenvalue weighted by molar-refractivity contribution is 0.0890. The van der Waals surface area contributed by atoms with Gasteiger partial charge in [-0.3, -0.25) is 4.79 Å². The van der Waals surface area contributed by atoms with E-state index in [9.17, 15) is 10.1 Å². The van der Waals surface area contributed by atoms with Crippen LogP contribution in [0.2, 0.25) is 5.02 Å². The molecule has 1 aromatic carbocycles. The van der Waals surface area contributed by atoms with Gasteiger partial charge in [0.2, 0.25) is 0 Å². The Balaban J connectivity index is 2.14. The van der Waals surface area contributed by atoms with Crippen LogP contribution in [-0.2, 0) is 0 Å². The standard InChI is InChI=1S/C17H21ClN2O/c1-3-13-6-8-17(11-19,9-7-13)20-16(21)15-10-14(18)5-4-12(15)2/h4-5,10,13H,3,6-9H2,1-2H3,(H,20,21). The number of aryl methyl sites for hydroxylation is 1. The van der Waals surface area contributed by atoms with Crippen LogP contribution in [0.4, 0.5) is 0 Å². The van der Waals surface area contributed by atoms with Crippen LogP contribution in [0.15, 0.2) is 18.2 Å². The van der Waals surface area contributed by atoms with Crippen LogP contribution in [0.25, 0.3) is 0 Å². The quantitative estimate of drug-likeness (QED) is 0.908. The Kier molecular flexibility index (Phi) is 4.90. The van der Waals surface area contributed by atoms with Gasteiger partial charge in [0.1, 0.15) is 5.54 Å². The third kappa shape index (κ3) is 3.57. The van der Waals surface area contributed by atoms with E-state index in [4.69, 9.17) is 11.6 Å². The first kappa shape index (κ1) is 15.9. The van der Waals surface area contributed by atoms with Crippen LogP contribution in [-0.4, -0.2) is 11.4 Å². The van der Waals surface area contributed by atoms with E-state index in [-0.39, 0.29) is 5.91 Å². The number of halogens is 1. The molecule has 0 bridgehead atoms. The van der Waals surface area contributed by atoms with E-state index in [2.05, 4.69) is 18.3 Å². The molecule has 1 aliphatic carbocycles. The third-order valence-electron chi connectivity index (χ3n) is 4.55. The van der Waals surface area contributed by atoms with Crippen molar-refractivity contribution in [3.05, 3.63) is 34.3 Å². The second-order valence-corrected chi connectivity index (χ2v) is 6.40. The van der Waals surface area contributed by atoms with Gasteiger partial charge in [0.15, 0.2) is 0 Å². The Hall–Kier alpha value is -1.53. The molecule has 4 heteroatoms. The van der Waals surface area contributed by atoms with E-state index in [0.717, 1.165) is 37.7 Å². The summed E-state index contributed by atoms with van der Waals surface area (Å²) in [5, 5.41) is 13.0. The first-order valence-electron chi connectivity index (χ1n) is 7.49. The minimum absolute atomic E-state index is 0.202. The van der Waals surface area contributed by atoms with Crippen LogP contribution in [0.3, 0.4) is 0 Å². The summed E-state index contributed by atoms with van der Waals surface area (Å²) in [4.78, 5) is 12.5. The third-order valence-corrected chi connectivity index (χ3v) is 4.78. The number of hydrogen-bond acceptors (Lipinski definition) is 2. The molecular weight excluding hydrogens is 284 g/mol. The largest absolute Gasteiger partial charge is 0.334 e. The van der Waals surface area contributed by atoms with Crippen molar-refractivity contribution in [3.63, 3.8) is 0 Å². The maximum atomic E-state index is 12.5. The lowest BCUT2D eigenvalue weighted by atomic mass is 9.76. The smallest absolute Gasteiger partial charge is 0.252 e. The maximum absolute atomic E-state index is 12.5. The number of rotatable bonds is 3. The van der Waals surface area contributed by atoms with Gasteiger partial charge >= 0.3 is 0 Å². The summed E-state index contributed by atoms with van der Waals surface area (Å²) in [5.41, 5.74) is 0.694. The van der Waals surface area contributed by atoms with Gasteiger partial charge in [-0.1, -0.05) is 31.0 Å². The van der Waals surface area contributed by atoms with E-state index in [1.165, 1.54) is 0 Å². The number of nitrogens with one attached hydrogen (secondary N) is 1. The number of nitrogens with zero attached hydrogens (tertiary/aromatic N) is 1. The number of carbonyl (C=O) groups excluding carboxylic acids is 1. The SMILES string of the molecule is CCC1CCC(C#N)(NC(=O)c2cc(Cl)ccc2C)CC1. The van der Waals surface area contributed by atoms with Crippen molar-refractivity contribution < 1.29 is 4.79 Å². The molecule has 0 atom stereocenters. The van der Waals surface area contributed by atoms with Gasteiger partial charge in [-0.05, 0) is 56.2 Å². The van der Waals surface area contributed by atoms with Crippen molar-refractivity contribution in [2.45, 2.75) is 51.5 Å². The molecule has 2 rings (SSSR count). The molecule has 1 fully saturated rings. The number of benzene rings is 1. The zero-order valence-electron chi connectivity index (χ0n) is 12.6. The number of carbonyl (C=O) groups is 1. The average molecular weight is 305 g/mol. The lowest BCUT2D eigenvalue weighted by Gasteiger charge is -2.35. The highest BCUT2D eigenvalue weighted by Gasteiger charge is 2.36. The van der Waals surface area contributed by atoms with Gasteiger partial charge in [0.25, 0.3) is 5.91 Å². The Morgan fingerprint density at radius 1 is 1.48 bits per heavy atom. The van der Waals surface area contributed by atoms with Crippen molar-refractivity contribution in [2.24, 2.45) is 5.92 Å². The van der Waals surface area contributed by atoms with Crippen molar-refractivity contribution in [3.8, 4) is 6.07 Å². The van der Waals surface area contributed by atoms with E-state index >= 15 is 0 Å². The van der Waals surface area contributed by atoms with Crippen molar-refractivity contribution in [2.75, 3.05) is 0 Å². The molecule has 1 aliphatic rings. The highest BCUT2D eigenvalue weighted by atomic mass is 35.5. The minimum Gasteiger partial charge on any atom is -0.334 e. The molecule has 0 heterocycles. The van der Waals surface area contributed by atoms with Gasteiger partial charge < -0.3 is 5.32 Å². The molecule has 21 heavy (non-hydrogen) atoms.